The maximum absolute atomic E-state index is 13.2. The van der Waals surface area contributed by atoms with Gasteiger partial charge in [0.25, 0.3) is 5.91 Å². The van der Waals surface area contributed by atoms with Crippen LogP contribution >= 0.6 is 0 Å². The zero-order valence-corrected chi connectivity index (χ0v) is 9.34. The van der Waals surface area contributed by atoms with Crippen LogP contribution in [0.5, 0.6) is 0 Å². The Hall–Kier alpha value is -2.05. The predicted molar refractivity (Wildman–Crippen MR) is 55.5 cm³/mol. The lowest BCUT2D eigenvalue weighted by Gasteiger charge is -2.13. The highest BCUT2D eigenvalue weighted by Gasteiger charge is 2.23. The van der Waals surface area contributed by atoms with Crippen LogP contribution in [0.25, 0.3) is 0 Å². The van der Waals surface area contributed by atoms with Gasteiger partial charge in [-0.2, -0.15) is 0 Å². The van der Waals surface area contributed by atoms with Gasteiger partial charge in [0.1, 0.15) is 29.1 Å². The van der Waals surface area contributed by atoms with Gasteiger partial charge in [0, 0.05) is 12.1 Å². The van der Waals surface area contributed by atoms with Gasteiger partial charge < -0.3 is 10.4 Å². The lowest BCUT2D eigenvalue weighted by atomic mass is 10.1. The van der Waals surface area contributed by atoms with E-state index in [0.717, 1.165) is 0 Å². The van der Waals surface area contributed by atoms with Crippen molar-refractivity contribution in [1.82, 2.24) is 5.32 Å². The zero-order chi connectivity index (χ0) is 13.9. The van der Waals surface area contributed by atoms with E-state index >= 15 is 0 Å². The molecule has 0 bridgehead atoms. The topological polar surface area (TPSA) is 66.4 Å². The quantitative estimate of drug-likeness (QED) is 0.866. The second kappa shape index (κ2) is 5.52. The molecular formula is C11H10F3NO3. The molecule has 0 radical (unpaired) electrons. The van der Waals surface area contributed by atoms with Crippen molar-refractivity contribution in [3.05, 3.63) is 35.1 Å². The van der Waals surface area contributed by atoms with E-state index in [1.54, 1.807) is 0 Å². The summed E-state index contributed by atoms with van der Waals surface area (Å²) in [6, 6.07) is -0.569. The maximum Gasteiger partial charge on any atom is 0.326 e. The summed E-state index contributed by atoms with van der Waals surface area (Å²) in [4.78, 5) is 22.2. The third-order valence-electron chi connectivity index (χ3n) is 2.25. The number of carboxylic acids is 1. The molecule has 0 aliphatic rings. The molecule has 1 amide bonds. The predicted octanol–water partition coefficient (Wildman–Crippen LogP) is 1.70. The largest absolute Gasteiger partial charge is 0.480 e. The van der Waals surface area contributed by atoms with Gasteiger partial charge in [-0.1, -0.05) is 6.92 Å². The Morgan fingerprint density at radius 3 is 2.17 bits per heavy atom. The fraction of sp³-hybridized carbons (Fsp3) is 0.273. The molecule has 98 valence electrons. The standard InChI is InChI=1S/C11H10F3NO3/c1-2-8(11(17)18)15-10(16)9-6(13)3-5(12)4-7(9)14/h3-4,8H,2H2,1H3,(H,15,16)(H,17,18). The number of amides is 1. The fourth-order valence-corrected chi connectivity index (χ4v) is 1.33. The van der Waals surface area contributed by atoms with Crippen molar-refractivity contribution >= 4 is 11.9 Å². The van der Waals surface area contributed by atoms with Crippen molar-refractivity contribution in [1.29, 1.82) is 0 Å². The summed E-state index contributed by atoms with van der Waals surface area (Å²) in [5.74, 6) is -6.49. The summed E-state index contributed by atoms with van der Waals surface area (Å²) in [7, 11) is 0. The van der Waals surface area contributed by atoms with Crippen LogP contribution in [0.4, 0.5) is 13.2 Å². The number of carboxylic acid groups (broad SMARTS) is 1. The summed E-state index contributed by atoms with van der Waals surface area (Å²) in [6.45, 7) is 1.48. The van der Waals surface area contributed by atoms with E-state index in [4.69, 9.17) is 5.11 Å². The second-order valence-electron chi connectivity index (χ2n) is 3.52. The molecule has 0 aliphatic carbocycles. The Kier molecular flexibility index (Phi) is 4.30. The molecule has 1 aromatic carbocycles. The molecule has 0 saturated heterocycles. The van der Waals surface area contributed by atoms with Gasteiger partial charge in [0.05, 0.1) is 0 Å². The van der Waals surface area contributed by atoms with E-state index in [1.165, 1.54) is 6.92 Å². The third kappa shape index (κ3) is 2.99. The van der Waals surface area contributed by atoms with Crippen molar-refractivity contribution in [3.63, 3.8) is 0 Å². The minimum absolute atomic E-state index is 0.0471. The number of halogens is 3. The van der Waals surface area contributed by atoms with Gasteiger partial charge in [0.2, 0.25) is 0 Å². The van der Waals surface area contributed by atoms with Crippen LogP contribution in [0.3, 0.4) is 0 Å². The number of nitrogens with one attached hydrogen (secondary N) is 1. The Morgan fingerprint density at radius 2 is 1.78 bits per heavy atom. The van der Waals surface area contributed by atoms with Gasteiger partial charge in [0.15, 0.2) is 0 Å². The molecular weight excluding hydrogens is 251 g/mol. The van der Waals surface area contributed by atoms with E-state index in [9.17, 15) is 22.8 Å². The Bertz CT molecular complexity index is 467. The van der Waals surface area contributed by atoms with E-state index in [1.807, 2.05) is 5.32 Å². The number of hydrogen-bond donors (Lipinski definition) is 2. The number of aliphatic carboxylic acids is 1. The van der Waals surface area contributed by atoms with Crippen LogP contribution in [-0.4, -0.2) is 23.0 Å². The molecule has 4 nitrogen and oxygen atoms in total. The first-order valence-corrected chi connectivity index (χ1v) is 5.05. The number of rotatable bonds is 4. The van der Waals surface area contributed by atoms with Gasteiger partial charge in [-0.05, 0) is 6.42 Å². The number of carbonyl (C=O) groups excluding carboxylic acids is 1. The smallest absolute Gasteiger partial charge is 0.326 e. The molecule has 2 N–H and O–H groups in total. The van der Waals surface area contributed by atoms with Crippen LogP contribution < -0.4 is 5.32 Å². The van der Waals surface area contributed by atoms with Gasteiger partial charge in [-0.3, -0.25) is 4.79 Å². The molecule has 0 saturated carbocycles. The molecule has 0 aliphatic heterocycles. The van der Waals surface area contributed by atoms with Crippen molar-refractivity contribution in [2.45, 2.75) is 19.4 Å². The van der Waals surface area contributed by atoms with E-state index in [-0.39, 0.29) is 6.42 Å². The number of carbonyl (C=O) groups is 2. The molecule has 0 aromatic heterocycles. The number of hydrogen-bond acceptors (Lipinski definition) is 2. The monoisotopic (exact) mass is 261 g/mol. The molecule has 1 rings (SSSR count). The summed E-state index contributed by atoms with van der Waals surface area (Å²) >= 11 is 0. The zero-order valence-electron chi connectivity index (χ0n) is 9.34. The number of benzene rings is 1. The summed E-state index contributed by atoms with van der Waals surface area (Å²) in [6.07, 6.45) is 0.0471. The molecule has 0 fully saturated rings. The Balaban J connectivity index is 3.01. The van der Waals surface area contributed by atoms with Gasteiger partial charge in [-0.25, -0.2) is 18.0 Å². The van der Waals surface area contributed by atoms with Crippen LogP contribution in [0.1, 0.15) is 23.7 Å². The third-order valence-corrected chi connectivity index (χ3v) is 2.25. The highest BCUT2D eigenvalue weighted by molar-refractivity contribution is 5.97. The average Bonchev–Trinajstić information content (AvgIpc) is 2.23. The van der Waals surface area contributed by atoms with Crippen LogP contribution in [0.2, 0.25) is 0 Å². The van der Waals surface area contributed by atoms with Crippen LogP contribution in [0, 0.1) is 17.5 Å². The van der Waals surface area contributed by atoms with E-state index in [2.05, 4.69) is 0 Å². The molecule has 1 aromatic rings. The highest BCUT2D eigenvalue weighted by Crippen LogP contribution is 2.14. The lowest BCUT2D eigenvalue weighted by molar-refractivity contribution is -0.139. The van der Waals surface area contributed by atoms with Crippen molar-refractivity contribution in [2.24, 2.45) is 0 Å². The van der Waals surface area contributed by atoms with Crippen LogP contribution in [0.15, 0.2) is 12.1 Å². The first-order valence-electron chi connectivity index (χ1n) is 5.05. The van der Waals surface area contributed by atoms with Crippen molar-refractivity contribution in [3.8, 4) is 0 Å². The summed E-state index contributed by atoms with van der Waals surface area (Å²) < 4.78 is 39.1. The highest BCUT2D eigenvalue weighted by atomic mass is 19.1. The first kappa shape index (κ1) is 14.0. The van der Waals surface area contributed by atoms with Gasteiger partial charge >= 0.3 is 5.97 Å². The van der Waals surface area contributed by atoms with Gasteiger partial charge in [-0.15, -0.1) is 0 Å². The lowest BCUT2D eigenvalue weighted by Crippen LogP contribution is -2.40. The normalized spacial score (nSPS) is 12.0. The van der Waals surface area contributed by atoms with Crippen molar-refractivity contribution < 1.29 is 27.9 Å². The van der Waals surface area contributed by atoms with E-state index < -0.39 is 40.9 Å². The summed E-state index contributed by atoms with van der Waals surface area (Å²) in [5.41, 5.74) is -1.00. The second-order valence-corrected chi connectivity index (χ2v) is 3.52. The maximum atomic E-state index is 13.2. The Labute approximate surface area is 100 Å². The SMILES string of the molecule is CCC(NC(=O)c1c(F)cc(F)cc1F)C(=O)O. The molecule has 1 atom stereocenters. The average molecular weight is 261 g/mol. The molecule has 1 unspecified atom stereocenters. The minimum atomic E-state index is -1.38. The molecule has 0 spiro atoms. The molecule has 18 heavy (non-hydrogen) atoms. The fourth-order valence-electron chi connectivity index (χ4n) is 1.33. The minimum Gasteiger partial charge on any atom is -0.480 e. The molecule has 7 heteroatoms. The Morgan fingerprint density at radius 1 is 1.28 bits per heavy atom. The first-order chi connectivity index (χ1) is 8.36. The molecule has 0 heterocycles. The van der Waals surface area contributed by atoms with Crippen molar-refractivity contribution in [2.75, 3.05) is 0 Å². The van der Waals surface area contributed by atoms with Crippen LogP contribution in [-0.2, 0) is 4.79 Å². The summed E-state index contributed by atoms with van der Waals surface area (Å²) in [5, 5.41) is 10.6. The van der Waals surface area contributed by atoms with E-state index in [0.29, 0.717) is 12.1 Å².